The fourth-order valence-electron chi connectivity index (χ4n) is 4.10. The molecular formula is C29H27ClN4O5. The smallest absolute Gasteiger partial charge is 0.343 e. The Morgan fingerprint density at radius 1 is 0.872 bits per heavy atom. The molecular weight excluding hydrogens is 520 g/mol. The minimum Gasteiger partial charge on any atom is -0.423 e. The van der Waals surface area contributed by atoms with Crippen LogP contribution < -0.4 is 20.8 Å². The van der Waals surface area contributed by atoms with Gasteiger partial charge >= 0.3 is 17.8 Å². The summed E-state index contributed by atoms with van der Waals surface area (Å²) in [7, 11) is 0. The van der Waals surface area contributed by atoms with Crippen molar-refractivity contribution in [3.63, 3.8) is 0 Å². The molecule has 3 aromatic carbocycles. The third kappa shape index (κ3) is 7.99. The SMILES string of the molecule is O=C(N/N=C/c1ccc(OC(=O)c2cccc(Cl)c2)cc1)C(=O)Nc1ccccc1C(=O)NC1CCCCC1. The van der Waals surface area contributed by atoms with Gasteiger partial charge in [0, 0.05) is 11.1 Å². The molecule has 10 heteroatoms. The molecule has 0 heterocycles. The number of rotatable bonds is 7. The zero-order valence-electron chi connectivity index (χ0n) is 21.0. The van der Waals surface area contributed by atoms with E-state index in [0.717, 1.165) is 25.7 Å². The predicted molar refractivity (Wildman–Crippen MR) is 148 cm³/mol. The summed E-state index contributed by atoms with van der Waals surface area (Å²) in [5, 5.41) is 9.71. The van der Waals surface area contributed by atoms with E-state index in [2.05, 4.69) is 21.2 Å². The monoisotopic (exact) mass is 546 g/mol. The van der Waals surface area contributed by atoms with Crippen LogP contribution in [0.2, 0.25) is 5.02 Å². The van der Waals surface area contributed by atoms with Gasteiger partial charge in [0.1, 0.15) is 5.75 Å². The van der Waals surface area contributed by atoms with E-state index in [9.17, 15) is 19.2 Å². The van der Waals surface area contributed by atoms with Crippen LogP contribution in [0.4, 0.5) is 5.69 Å². The van der Waals surface area contributed by atoms with Crippen molar-refractivity contribution < 1.29 is 23.9 Å². The first-order chi connectivity index (χ1) is 18.9. The Labute approximate surface area is 230 Å². The van der Waals surface area contributed by atoms with Gasteiger partial charge in [-0.15, -0.1) is 0 Å². The molecule has 9 nitrogen and oxygen atoms in total. The molecule has 0 radical (unpaired) electrons. The van der Waals surface area contributed by atoms with Crippen molar-refractivity contribution in [3.8, 4) is 5.75 Å². The molecule has 1 saturated carbocycles. The summed E-state index contributed by atoms with van der Waals surface area (Å²) in [5.41, 5.74) is 3.58. The van der Waals surface area contributed by atoms with Crippen molar-refractivity contribution in [3.05, 3.63) is 94.5 Å². The predicted octanol–water partition coefficient (Wildman–Crippen LogP) is 4.71. The molecule has 1 aliphatic carbocycles. The molecule has 3 aromatic rings. The van der Waals surface area contributed by atoms with Crippen LogP contribution in [-0.2, 0) is 9.59 Å². The van der Waals surface area contributed by atoms with Crippen LogP contribution in [0.5, 0.6) is 5.75 Å². The number of carbonyl (C=O) groups excluding carboxylic acids is 4. The van der Waals surface area contributed by atoms with Crippen LogP contribution in [0.15, 0.2) is 77.9 Å². The Morgan fingerprint density at radius 2 is 1.62 bits per heavy atom. The summed E-state index contributed by atoms with van der Waals surface area (Å²) < 4.78 is 5.32. The van der Waals surface area contributed by atoms with Crippen LogP contribution >= 0.6 is 11.6 Å². The molecule has 1 fully saturated rings. The summed E-state index contributed by atoms with van der Waals surface area (Å²) in [5.74, 6) is -2.50. The standard InChI is InChI=1S/C29H27ClN4O5/c30-21-8-6-7-20(17-21)29(38)39-23-15-13-19(14-16-23)18-31-34-28(37)27(36)33-25-12-5-4-11-24(25)26(35)32-22-9-2-1-3-10-22/h4-8,11-18,22H,1-3,9-10H2,(H,32,35)(H,33,36)(H,34,37)/b31-18+. The van der Waals surface area contributed by atoms with Crippen molar-refractivity contribution in [1.82, 2.24) is 10.7 Å². The second-order valence-electron chi connectivity index (χ2n) is 8.98. The third-order valence-corrected chi connectivity index (χ3v) is 6.33. The van der Waals surface area contributed by atoms with E-state index in [-0.39, 0.29) is 23.2 Å². The lowest BCUT2D eigenvalue weighted by atomic mass is 9.95. The molecule has 0 aromatic heterocycles. The van der Waals surface area contributed by atoms with Gasteiger partial charge in [0.15, 0.2) is 0 Å². The van der Waals surface area contributed by atoms with Gasteiger partial charge in [-0.2, -0.15) is 5.10 Å². The highest BCUT2D eigenvalue weighted by Crippen LogP contribution is 2.20. The zero-order chi connectivity index (χ0) is 27.6. The highest BCUT2D eigenvalue weighted by atomic mass is 35.5. The van der Waals surface area contributed by atoms with E-state index in [1.807, 2.05) is 0 Å². The number of hydrogen-bond acceptors (Lipinski definition) is 6. The number of hydrazone groups is 1. The number of halogens is 1. The molecule has 0 bridgehead atoms. The third-order valence-electron chi connectivity index (χ3n) is 6.10. The molecule has 0 spiro atoms. The highest BCUT2D eigenvalue weighted by molar-refractivity contribution is 6.40. The van der Waals surface area contributed by atoms with Crippen molar-refractivity contribution in [2.75, 3.05) is 5.32 Å². The maximum atomic E-state index is 12.8. The van der Waals surface area contributed by atoms with Gasteiger partial charge in [-0.05, 0) is 73.0 Å². The quantitative estimate of drug-likeness (QED) is 0.130. The number of ether oxygens (including phenoxy) is 1. The van der Waals surface area contributed by atoms with Crippen molar-refractivity contribution >= 4 is 47.2 Å². The van der Waals surface area contributed by atoms with Crippen molar-refractivity contribution in [2.24, 2.45) is 5.10 Å². The highest BCUT2D eigenvalue weighted by Gasteiger charge is 2.21. The molecule has 3 N–H and O–H groups in total. The number of nitrogens with zero attached hydrogens (tertiary/aromatic N) is 1. The Kier molecular flexibility index (Phi) is 9.42. The van der Waals surface area contributed by atoms with Crippen LogP contribution in [0.25, 0.3) is 0 Å². The zero-order valence-corrected chi connectivity index (χ0v) is 21.7. The summed E-state index contributed by atoms with van der Waals surface area (Å²) in [6.07, 6.45) is 6.51. The van der Waals surface area contributed by atoms with Crippen LogP contribution in [0.3, 0.4) is 0 Å². The number of benzene rings is 3. The number of carbonyl (C=O) groups is 4. The first-order valence-electron chi connectivity index (χ1n) is 12.5. The van der Waals surface area contributed by atoms with E-state index in [1.165, 1.54) is 18.7 Å². The lowest BCUT2D eigenvalue weighted by Crippen LogP contribution is -2.37. The molecule has 0 aliphatic heterocycles. The second-order valence-corrected chi connectivity index (χ2v) is 9.41. The molecule has 0 unspecified atom stereocenters. The number of anilines is 1. The van der Waals surface area contributed by atoms with Crippen molar-refractivity contribution in [2.45, 2.75) is 38.1 Å². The van der Waals surface area contributed by atoms with Gasteiger partial charge in [0.2, 0.25) is 0 Å². The first-order valence-corrected chi connectivity index (χ1v) is 12.9. The Balaban J connectivity index is 1.28. The van der Waals surface area contributed by atoms with Crippen LogP contribution in [0.1, 0.15) is 58.4 Å². The van der Waals surface area contributed by atoms with Gasteiger partial charge in [0.25, 0.3) is 5.91 Å². The van der Waals surface area contributed by atoms with E-state index in [4.69, 9.17) is 16.3 Å². The first kappa shape index (κ1) is 27.5. The minimum atomic E-state index is -0.999. The summed E-state index contributed by atoms with van der Waals surface area (Å²) in [4.78, 5) is 49.7. The van der Waals surface area contributed by atoms with E-state index in [0.29, 0.717) is 21.9 Å². The maximum Gasteiger partial charge on any atom is 0.343 e. The van der Waals surface area contributed by atoms with Crippen LogP contribution in [0, 0.1) is 0 Å². The fourth-order valence-corrected chi connectivity index (χ4v) is 4.29. The van der Waals surface area contributed by atoms with Gasteiger partial charge in [0.05, 0.1) is 23.0 Å². The fraction of sp³-hybridized carbons (Fsp3) is 0.207. The number of esters is 1. The molecule has 0 saturated heterocycles. The van der Waals surface area contributed by atoms with Gasteiger partial charge in [-0.1, -0.05) is 49.1 Å². The Bertz CT molecular complexity index is 1380. The van der Waals surface area contributed by atoms with Crippen LogP contribution in [-0.4, -0.2) is 35.9 Å². The van der Waals surface area contributed by atoms with E-state index >= 15 is 0 Å². The van der Waals surface area contributed by atoms with Gasteiger partial charge < -0.3 is 15.4 Å². The lowest BCUT2D eigenvalue weighted by molar-refractivity contribution is -0.136. The molecule has 4 rings (SSSR count). The average Bonchev–Trinajstić information content (AvgIpc) is 2.94. The van der Waals surface area contributed by atoms with E-state index in [1.54, 1.807) is 66.7 Å². The van der Waals surface area contributed by atoms with E-state index < -0.39 is 17.8 Å². The topological polar surface area (TPSA) is 126 Å². The normalized spacial score (nSPS) is 13.5. The minimum absolute atomic E-state index is 0.108. The summed E-state index contributed by atoms with van der Waals surface area (Å²) >= 11 is 5.90. The number of hydrogen-bond donors (Lipinski definition) is 3. The molecule has 0 atom stereocenters. The Morgan fingerprint density at radius 3 is 2.36 bits per heavy atom. The van der Waals surface area contributed by atoms with Crippen molar-refractivity contribution in [1.29, 1.82) is 0 Å². The maximum absolute atomic E-state index is 12.8. The largest absolute Gasteiger partial charge is 0.423 e. The van der Waals surface area contributed by atoms with Gasteiger partial charge in [-0.25, -0.2) is 10.2 Å². The number of amides is 3. The summed E-state index contributed by atoms with van der Waals surface area (Å²) in [6.45, 7) is 0. The molecule has 39 heavy (non-hydrogen) atoms. The number of nitrogens with one attached hydrogen (secondary N) is 3. The second kappa shape index (κ2) is 13.3. The Hall–Kier alpha value is -4.50. The number of para-hydroxylation sites is 1. The molecule has 1 aliphatic rings. The molecule has 3 amide bonds. The average molecular weight is 547 g/mol. The summed E-state index contributed by atoms with van der Waals surface area (Å²) in [6, 6.07) is 19.4. The van der Waals surface area contributed by atoms with Gasteiger partial charge in [-0.3, -0.25) is 14.4 Å². The molecule has 200 valence electrons. The lowest BCUT2D eigenvalue weighted by Gasteiger charge is -2.23.